The summed E-state index contributed by atoms with van der Waals surface area (Å²) in [6, 6.07) is 0. The van der Waals surface area contributed by atoms with Crippen molar-refractivity contribution < 1.29 is 18.9 Å². The lowest BCUT2D eigenvalue weighted by Gasteiger charge is -2.20. The molecule has 0 bridgehead atoms. The second-order valence-electron chi connectivity index (χ2n) is 3.15. The van der Waals surface area contributed by atoms with Crippen molar-refractivity contribution in [2.24, 2.45) is 0 Å². The molecule has 90 valence electrons. The van der Waals surface area contributed by atoms with Gasteiger partial charge in [-0.1, -0.05) is 6.08 Å². The van der Waals surface area contributed by atoms with Crippen LogP contribution in [0.25, 0.3) is 0 Å². The molecule has 1 unspecified atom stereocenters. The third kappa shape index (κ3) is 7.50. The molecule has 1 atom stereocenters. The number of rotatable bonds is 10. The Morgan fingerprint density at radius 3 is 2.27 bits per heavy atom. The molecule has 0 aliphatic rings. The first-order valence-electron chi connectivity index (χ1n) is 5.05. The number of hydrogen-bond acceptors (Lipinski definition) is 4. The summed E-state index contributed by atoms with van der Waals surface area (Å²) >= 11 is 0. The zero-order chi connectivity index (χ0) is 11.5. The minimum absolute atomic E-state index is 0.000264. The highest BCUT2D eigenvalue weighted by atomic mass is 16.7. The summed E-state index contributed by atoms with van der Waals surface area (Å²) in [6.07, 6.45) is 3.11. The summed E-state index contributed by atoms with van der Waals surface area (Å²) in [6.45, 7) is 4.84. The van der Waals surface area contributed by atoms with Gasteiger partial charge in [0.15, 0.2) is 6.29 Å². The maximum atomic E-state index is 5.41. The molecule has 0 aromatic rings. The lowest BCUT2D eigenvalue weighted by molar-refractivity contribution is -0.133. The van der Waals surface area contributed by atoms with Crippen molar-refractivity contribution in [3.05, 3.63) is 12.7 Å². The van der Waals surface area contributed by atoms with Gasteiger partial charge in [-0.05, 0) is 6.42 Å². The highest BCUT2D eigenvalue weighted by Gasteiger charge is 2.15. The standard InChI is InChI=1S/C11H22O4/c1-5-6-7-15-9-10(12-2)8-11(13-3)14-4/h5,10-11H,1,6-9H2,2-4H3. The van der Waals surface area contributed by atoms with Crippen molar-refractivity contribution >= 4 is 0 Å². The minimum Gasteiger partial charge on any atom is -0.379 e. The van der Waals surface area contributed by atoms with Crippen LogP contribution in [0.15, 0.2) is 12.7 Å². The molecule has 0 amide bonds. The van der Waals surface area contributed by atoms with Gasteiger partial charge in [0, 0.05) is 27.8 Å². The van der Waals surface area contributed by atoms with E-state index in [-0.39, 0.29) is 12.4 Å². The Morgan fingerprint density at radius 2 is 1.80 bits per heavy atom. The average molecular weight is 218 g/mol. The Kier molecular flexibility index (Phi) is 9.83. The van der Waals surface area contributed by atoms with Crippen LogP contribution in [0, 0.1) is 0 Å². The molecule has 0 aromatic carbocycles. The molecule has 15 heavy (non-hydrogen) atoms. The molecule has 0 spiro atoms. The van der Waals surface area contributed by atoms with Crippen LogP contribution in [0.3, 0.4) is 0 Å². The van der Waals surface area contributed by atoms with Gasteiger partial charge in [-0.2, -0.15) is 0 Å². The van der Waals surface area contributed by atoms with E-state index in [0.717, 1.165) is 6.42 Å². The second-order valence-corrected chi connectivity index (χ2v) is 3.15. The van der Waals surface area contributed by atoms with E-state index in [1.165, 1.54) is 0 Å². The summed E-state index contributed by atoms with van der Waals surface area (Å²) in [5, 5.41) is 0. The van der Waals surface area contributed by atoms with Gasteiger partial charge in [0.1, 0.15) is 0 Å². The van der Waals surface area contributed by atoms with Crippen LogP contribution < -0.4 is 0 Å². The molecule has 0 radical (unpaired) electrons. The van der Waals surface area contributed by atoms with Crippen LogP contribution in [0.5, 0.6) is 0 Å². The molecular formula is C11H22O4. The van der Waals surface area contributed by atoms with E-state index < -0.39 is 0 Å². The first-order valence-corrected chi connectivity index (χ1v) is 5.05. The van der Waals surface area contributed by atoms with Crippen molar-refractivity contribution in [3.63, 3.8) is 0 Å². The molecule has 0 heterocycles. The smallest absolute Gasteiger partial charge is 0.159 e. The van der Waals surface area contributed by atoms with Gasteiger partial charge >= 0.3 is 0 Å². The van der Waals surface area contributed by atoms with Crippen LogP contribution in [-0.4, -0.2) is 46.9 Å². The SMILES string of the molecule is C=CCCOCC(CC(OC)OC)OC. The Balaban J connectivity index is 3.66. The van der Waals surface area contributed by atoms with E-state index in [4.69, 9.17) is 18.9 Å². The molecule has 0 fully saturated rings. The molecule has 0 aromatic heterocycles. The Morgan fingerprint density at radius 1 is 1.13 bits per heavy atom. The third-order valence-electron chi connectivity index (χ3n) is 2.08. The van der Waals surface area contributed by atoms with Crippen molar-refractivity contribution in [1.82, 2.24) is 0 Å². The monoisotopic (exact) mass is 218 g/mol. The average Bonchev–Trinajstić information content (AvgIpc) is 2.28. The molecule has 4 heteroatoms. The molecular weight excluding hydrogens is 196 g/mol. The number of hydrogen-bond donors (Lipinski definition) is 0. The molecule has 0 rings (SSSR count). The Hall–Kier alpha value is -0.420. The van der Waals surface area contributed by atoms with E-state index >= 15 is 0 Å². The van der Waals surface area contributed by atoms with E-state index in [9.17, 15) is 0 Å². The maximum absolute atomic E-state index is 5.41. The number of methoxy groups -OCH3 is 3. The van der Waals surface area contributed by atoms with E-state index in [0.29, 0.717) is 19.6 Å². The maximum Gasteiger partial charge on any atom is 0.159 e. The topological polar surface area (TPSA) is 36.9 Å². The van der Waals surface area contributed by atoms with Gasteiger partial charge in [0.05, 0.1) is 19.3 Å². The summed E-state index contributed by atoms with van der Waals surface area (Å²) in [5.74, 6) is 0. The lowest BCUT2D eigenvalue weighted by atomic mass is 10.2. The predicted molar refractivity (Wildman–Crippen MR) is 58.9 cm³/mol. The highest BCUT2D eigenvalue weighted by Crippen LogP contribution is 2.06. The summed E-state index contributed by atoms with van der Waals surface area (Å²) < 4.78 is 20.8. The lowest BCUT2D eigenvalue weighted by Crippen LogP contribution is -2.27. The third-order valence-corrected chi connectivity index (χ3v) is 2.08. The van der Waals surface area contributed by atoms with Crippen molar-refractivity contribution in [3.8, 4) is 0 Å². The van der Waals surface area contributed by atoms with Crippen LogP contribution in [-0.2, 0) is 18.9 Å². The first-order chi connectivity index (χ1) is 7.28. The molecule has 0 N–H and O–H groups in total. The van der Waals surface area contributed by atoms with Crippen molar-refractivity contribution in [1.29, 1.82) is 0 Å². The summed E-state index contributed by atoms with van der Waals surface area (Å²) in [7, 11) is 4.88. The molecule has 0 aliphatic carbocycles. The van der Waals surface area contributed by atoms with Gasteiger partial charge in [0.2, 0.25) is 0 Å². The molecule has 4 nitrogen and oxygen atoms in total. The van der Waals surface area contributed by atoms with Gasteiger partial charge in [-0.3, -0.25) is 0 Å². The fourth-order valence-electron chi connectivity index (χ4n) is 1.12. The Bertz CT molecular complexity index is 146. The fourth-order valence-corrected chi connectivity index (χ4v) is 1.12. The van der Waals surface area contributed by atoms with E-state index in [1.54, 1.807) is 21.3 Å². The summed E-state index contributed by atoms with van der Waals surface area (Å²) in [5.41, 5.74) is 0. The Labute approximate surface area is 92.2 Å². The van der Waals surface area contributed by atoms with Crippen LogP contribution >= 0.6 is 0 Å². The fraction of sp³-hybridized carbons (Fsp3) is 0.818. The zero-order valence-corrected chi connectivity index (χ0v) is 9.90. The molecule has 0 aliphatic heterocycles. The van der Waals surface area contributed by atoms with E-state index in [2.05, 4.69) is 6.58 Å². The van der Waals surface area contributed by atoms with Crippen LogP contribution in [0.4, 0.5) is 0 Å². The largest absolute Gasteiger partial charge is 0.379 e. The molecule has 0 saturated carbocycles. The zero-order valence-electron chi connectivity index (χ0n) is 9.90. The normalized spacial score (nSPS) is 13.1. The molecule has 0 saturated heterocycles. The quantitative estimate of drug-likeness (QED) is 0.317. The first kappa shape index (κ1) is 14.6. The van der Waals surface area contributed by atoms with Gasteiger partial charge in [-0.15, -0.1) is 6.58 Å². The van der Waals surface area contributed by atoms with Gasteiger partial charge in [0.25, 0.3) is 0 Å². The van der Waals surface area contributed by atoms with Gasteiger partial charge < -0.3 is 18.9 Å². The minimum atomic E-state index is -0.238. The van der Waals surface area contributed by atoms with Crippen LogP contribution in [0.1, 0.15) is 12.8 Å². The predicted octanol–water partition coefficient (Wildman–Crippen LogP) is 1.60. The van der Waals surface area contributed by atoms with Crippen LogP contribution in [0.2, 0.25) is 0 Å². The van der Waals surface area contributed by atoms with E-state index in [1.807, 2.05) is 6.08 Å². The highest BCUT2D eigenvalue weighted by molar-refractivity contribution is 4.65. The summed E-state index contributed by atoms with van der Waals surface area (Å²) in [4.78, 5) is 0. The van der Waals surface area contributed by atoms with Crippen molar-refractivity contribution in [2.75, 3.05) is 34.5 Å². The number of ether oxygens (including phenoxy) is 4. The van der Waals surface area contributed by atoms with Gasteiger partial charge in [-0.25, -0.2) is 0 Å². The van der Waals surface area contributed by atoms with Crippen molar-refractivity contribution in [2.45, 2.75) is 25.2 Å². The second kappa shape index (κ2) is 10.1.